The molecule has 0 N–H and O–H groups in total. The van der Waals surface area contributed by atoms with Crippen LogP contribution >= 0.6 is 0 Å². The summed E-state index contributed by atoms with van der Waals surface area (Å²) in [5.74, 6) is 0.776. The third-order valence-electron chi connectivity index (χ3n) is 3.01. The number of carbonyl (C=O) groups is 1. The lowest BCUT2D eigenvalue weighted by Crippen LogP contribution is -2.16. The van der Waals surface area contributed by atoms with E-state index in [0.29, 0.717) is 25.2 Å². The van der Waals surface area contributed by atoms with Crippen molar-refractivity contribution in [2.24, 2.45) is 5.92 Å². The van der Waals surface area contributed by atoms with Crippen molar-refractivity contribution < 1.29 is 17.9 Å². The highest BCUT2D eigenvalue weighted by Crippen LogP contribution is 2.24. The van der Waals surface area contributed by atoms with E-state index in [-0.39, 0.29) is 23.2 Å². The second-order valence-electron chi connectivity index (χ2n) is 4.46. The van der Waals surface area contributed by atoms with Crippen molar-refractivity contribution in [3.63, 3.8) is 0 Å². The van der Waals surface area contributed by atoms with E-state index < -0.39 is 9.84 Å². The first-order valence-corrected chi connectivity index (χ1v) is 7.45. The zero-order valence-corrected chi connectivity index (χ0v) is 9.96. The van der Waals surface area contributed by atoms with Gasteiger partial charge in [-0.25, -0.2) is 8.42 Å². The average Bonchev–Trinajstić information content (AvgIpc) is 2.59. The molecule has 2 aliphatic heterocycles. The number of sulfone groups is 1. The van der Waals surface area contributed by atoms with E-state index in [1.165, 1.54) is 0 Å². The number of allylic oxidation sites excluding steroid dienone is 2. The summed E-state index contributed by atoms with van der Waals surface area (Å²) in [7, 11) is -2.88. The van der Waals surface area contributed by atoms with Gasteiger partial charge >= 0.3 is 0 Å². The Bertz CT molecular complexity index is 408. The molecular weight excluding hydrogens is 228 g/mol. The Morgan fingerprint density at radius 1 is 1.50 bits per heavy atom. The molecule has 2 rings (SSSR count). The molecule has 2 heterocycles. The minimum absolute atomic E-state index is 0.0103. The Labute approximate surface area is 95.6 Å². The maximum atomic E-state index is 11.8. The van der Waals surface area contributed by atoms with Gasteiger partial charge < -0.3 is 4.74 Å². The van der Waals surface area contributed by atoms with Gasteiger partial charge in [0.25, 0.3) is 0 Å². The molecule has 90 valence electrons. The van der Waals surface area contributed by atoms with Crippen LogP contribution in [0.3, 0.4) is 0 Å². The number of hydrogen-bond donors (Lipinski definition) is 0. The summed E-state index contributed by atoms with van der Waals surface area (Å²) >= 11 is 0. The van der Waals surface area contributed by atoms with Gasteiger partial charge in [-0.05, 0) is 31.3 Å². The molecule has 0 aromatic rings. The molecule has 0 radical (unpaired) electrons. The van der Waals surface area contributed by atoms with Crippen molar-refractivity contribution in [3.8, 4) is 0 Å². The summed E-state index contributed by atoms with van der Waals surface area (Å²) < 4.78 is 27.7. The second kappa shape index (κ2) is 4.57. The van der Waals surface area contributed by atoms with Crippen LogP contribution in [0, 0.1) is 5.92 Å². The van der Waals surface area contributed by atoms with Crippen LogP contribution < -0.4 is 0 Å². The van der Waals surface area contributed by atoms with Crippen LogP contribution in [0.1, 0.15) is 25.7 Å². The molecule has 4 nitrogen and oxygen atoms in total. The molecule has 1 saturated heterocycles. The van der Waals surface area contributed by atoms with Crippen molar-refractivity contribution in [2.45, 2.75) is 25.7 Å². The molecule has 1 fully saturated rings. The SMILES string of the molecule is O=C(CC1CCS(=O)(=O)C1)C1=CCCCO1. The molecule has 0 bridgehead atoms. The highest BCUT2D eigenvalue weighted by atomic mass is 32.2. The number of ketones is 1. The predicted octanol–water partition coefficient (Wildman–Crippen LogP) is 1.07. The van der Waals surface area contributed by atoms with Gasteiger partial charge in [-0.15, -0.1) is 0 Å². The number of Topliss-reactive ketones (excluding diaryl/α,β-unsaturated/α-hetero) is 1. The minimum Gasteiger partial charge on any atom is -0.490 e. The predicted molar refractivity (Wildman–Crippen MR) is 59.7 cm³/mol. The molecule has 16 heavy (non-hydrogen) atoms. The Balaban J connectivity index is 1.91. The van der Waals surface area contributed by atoms with Crippen LogP contribution in [-0.2, 0) is 19.4 Å². The van der Waals surface area contributed by atoms with Crippen LogP contribution in [0.2, 0.25) is 0 Å². The summed E-state index contributed by atoms with van der Waals surface area (Å²) in [5, 5.41) is 0. The van der Waals surface area contributed by atoms with Crippen LogP contribution in [-0.4, -0.2) is 32.3 Å². The monoisotopic (exact) mass is 244 g/mol. The maximum Gasteiger partial charge on any atom is 0.197 e. The van der Waals surface area contributed by atoms with E-state index in [0.717, 1.165) is 12.8 Å². The summed E-state index contributed by atoms with van der Waals surface area (Å²) in [6, 6.07) is 0. The molecule has 5 heteroatoms. The molecule has 0 aromatic heterocycles. The van der Waals surface area contributed by atoms with Gasteiger partial charge in [-0.3, -0.25) is 4.79 Å². The Hall–Kier alpha value is -0.840. The lowest BCUT2D eigenvalue weighted by Gasteiger charge is -2.15. The zero-order chi connectivity index (χ0) is 11.6. The van der Waals surface area contributed by atoms with E-state index in [2.05, 4.69) is 0 Å². The van der Waals surface area contributed by atoms with Crippen LogP contribution in [0.5, 0.6) is 0 Å². The number of hydrogen-bond acceptors (Lipinski definition) is 4. The molecule has 0 amide bonds. The number of ether oxygens (including phenoxy) is 1. The smallest absolute Gasteiger partial charge is 0.197 e. The second-order valence-corrected chi connectivity index (χ2v) is 6.68. The molecule has 0 saturated carbocycles. The van der Waals surface area contributed by atoms with Crippen molar-refractivity contribution in [2.75, 3.05) is 18.1 Å². The van der Waals surface area contributed by atoms with Crippen LogP contribution in [0.4, 0.5) is 0 Å². The highest BCUT2D eigenvalue weighted by Gasteiger charge is 2.30. The van der Waals surface area contributed by atoms with Gasteiger partial charge in [0.2, 0.25) is 0 Å². The topological polar surface area (TPSA) is 60.4 Å². The van der Waals surface area contributed by atoms with Crippen LogP contribution in [0.25, 0.3) is 0 Å². The van der Waals surface area contributed by atoms with E-state index in [1.807, 2.05) is 6.08 Å². The summed E-state index contributed by atoms with van der Waals surface area (Å²) in [4.78, 5) is 11.8. The first kappa shape index (κ1) is 11.6. The third-order valence-corrected chi connectivity index (χ3v) is 4.85. The van der Waals surface area contributed by atoms with Crippen molar-refractivity contribution in [3.05, 3.63) is 11.8 Å². The molecule has 0 aromatic carbocycles. The molecule has 1 atom stereocenters. The van der Waals surface area contributed by atoms with Gasteiger partial charge in [-0.2, -0.15) is 0 Å². The van der Waals surface area contributed by atoms with Gasteiger partial charge in [0.05, 0.1) is 18.1 Å². The lowest BCUT2D eigenvalue weighted by molar-refractivity contribution is -0.119. The Morgan fingerprint density at radius 3 is 2.88 bits per heavy atom. The van der Waals surface area contributed by atoms with Crippen LogP contribution in [0.15, 0.2) is 11.8 Å². The molecule has 0 aliphatic carbocycles. The fourth-order valence-corrected chi connectivity index (χ4v) is 4.01. The fourth-order valence-electron chi connectivity index (χ4n) is 2.15. The van der Waals surface area contributed by atoms with Gasteiger partial charge in [0, 0.05) is 6.42 Å². The summed E-state index contributed by atoms with van der Waals surface area (Å²) in [6.45, 7) is 0.598. The molecule has 0 spiro atoms. The van der Waals surface area contributed by atoms with Gasteiger partial charge in [0.15, 0.2) is 21.4 Å². The van der Waals surface area contributed by atoms with E-state index in [1.54, 1.807) is 0 Å². The zero-order valence-electron chi connectivity index (χ0n) is 9.15. The normalized spacial score (nSPS) is 28.2. The largest absolute Gasteiger partial charge is 0.490 e. The molecule has 1 unspecified atom stereocenters. The lowest BCUT2D eigenvalue weighted by atomic mass is 10.0. The number of carbonyl (C=O) groups excluding carboxylic acids is 1. The Kier molecular flexibility index (Phi) is 3.33. The van der Waals surface area contributed by atoms with Crippen molar-refractivity contribution in [1.29, 1.82) is 0 Å². The molecular formula is C11H16O4S. The first-order valence-electron chi connectivity index (χ1n) is 5.63. The quantitative estimate of drug-likeness (QED) is 0.745. The van der Waals surface area contributed by atoms with Crippen molar-refractivity contribution in [1.82, 2.24) is 0 Å². The van der Waals surface area contributed by atoms with Crippen molar-refractivity contribution >= 4 is 15.6 Å². The van der Waals surface area contributed by atoms with E-state index in [9.17, 15) is 13.2 Å². The van der Waals surface area contributed by atoms with Gasteiger partial charge in [-0.1, -0.05) is 0 Å². The fraction of sp³-hybridized carbons (Fsp3) is 0.727. The van der Waals surface area contributed by atoms with E-state index in [4.69, 9.17) is 4.74 Å². The van der Waals surface area contributed by atoms with Gasteiger partial charge in [0.1, 0.15) is 0 Å². The average molecular weight is 244 g/mol. The standard InChI is InChI=1S/C11H16O4S/c12-10(11-3-1-2-5-15-11)7-9-4-6-16(13,14)8-9/h3,9H,1-2,4-8H2. The summed E-state index contributed by atoms with van der Waals surface area (Å²) in [6.07, 6.45) is 4.57. The highest BCUT2D eigenvalue weighted by molar-refractivity contribution is 7.91. The molecule has 2 aliphatic rings. The Morgan fingerprint density at radius 2 is 2.31 bits per heavy atom. The summed E-state index contributed by atoms with van der Waals surface area (Å²) in [5.41, 5.74) is 0. The number of rotatable bonds is 3. The third kappa shape index (κ3) is 2.84. The first-order chi connectivity index (χ1) is 7.57. The van der Waals surface area contributed by atoms with E-state index >= 15 is 0 Å². The minimum atomic E-state index is -2.88. The maximum absolute atomic E-state index is 11.8.